The summed E-state index contributed by atoms with van der Waals surface area (Å²) in [6, 6.07) is 1.58. The highest BCUT2D eigenvalue weighted by atomic mass is 16.5. The summed E-state index contributed by atoms with van der Waals surface area (Å²) < 4.78 is 10.9. The maximum atomic E-state index is 10.8. The van der Waals surface area contributed by atoms with Gasteiger partial charge < -0.3 is 19.6 Å². The molecular weight excluding hydrogens is 246 g/mol. The second kappa shape index (κ2) is 6.73. The standard InChI is InChI=1S/C14H21NO4/c1-10-13(14(16)17)7-12(19-10)8-15-5-2-6-18-9-11-3-4-11/h7,11,15H,2-6,8-9H2,1H3,(H,16,17). The van der Waals surface area contributed by atoms with E-state index in [2.05, 4.69) is 5.32 Å². The molecule has 0 spiro atoms. The van der Waals surface area contributed by atoms with E-state index in [1.54, 1.807) is 13.0 Å². The maximum Gasteiger partial charge on any atom is 0.339 e. The fourth-order valence-corrected chi connectivity index (χ4v) is 1.89. The predicted octanol–water partition coefficient (Wildman–Crippen LogP) is 2.19. The highest BCUT2D eigenvalue weighted by Crippen LogP contribution is 2.28. The zero-order valence-corrected chi connectivity index (χ0v) is 11.3. The minimum absolute atomic E-state index is 0.240. The number of rotatable bonds is 9. The van der Waals surface area contributed by atoms with E-state index in [1.807, 2.05) is 0 Å². The largest absolute Gasteiger partial charge is 0.478 e. The van der Waals surface area contributed by atoms with Gasteiger partial charge in [0, 0.05) is 13.2 Å². The van der Waals surface area contributed by atoms with Crippen LogP contribution in [-0.4, -0.2) is 30.8 Å². The van der Waals surface area contributed by atoms with Gasteiger partial charge in [0.25, 0.3) is 0 Å². The van der Waals surface area contributed by atoms with Gasteiger partial charge in [-0.15, -0.1) is 0 Å². The number of hydrogen-bond donors (Lipinski definition) is 2. The normalized spacial score (nSPS) is 14.8. The van der Waals surface area contributed by atoms with Crippen LogP contribution in [0, 0.1) is 12.8 Å². The van der Waals surface area contributed by atoms with Crippen LogP contribution in [0.4, 0.5) is 0 Å². The smallest absolute Gasteiger partial charge is 0.339 e. The van der Waals surface area contributed by atoms with Crippen molar-refractivity contribution in [2.24, 2.45) is 5.92 Å². The van der Waals surface area contributed by atoms with Crippen molar-refractivity contribution < 1.29 is 19.1 Å². The van der Waals surface area contributed by atoms with Crippen LogP contribution >= 0.6 is 0 Å². The number of carboxylic acid groups (broad SMARTS) is 1. The van der Waals surface area contributed by atoms with Crippen LogP contribution in [0.15, 0.2) is 10.5 Å². The molecule has 1 aromatic rings. The zero-order valence-electron chi connectivity index (χ0n) is 11.3. The molecule has 0 radical (unpaired) electrons. The van der Waals surface area contributed by atoms with Gasteiger partial charge in [-0.25, -0.2) is 4.79 Å². The van der Waals surface area contributed by atoms with Crippen LogP contribution in [0.25, 0.3) is 0 Å². The molecule has 1 aliphatic rings. The van der Waals surface area contributed by atoms with Gasteiger partial charge in [0.2, 0.25) is 0 Å². The Morgan fingerprint density at radius 1 is 1.58 bits per heavy atom. The number of aryl methyl sites for hydroxylation is 1. The van der Waals surface area contributed by atoms with E-state index in [0.29, 0.717) is 18.1 Å². The number of carbonyl (C=O) groups is 1. The Morgan fingerprint density at radius 2 is 2.37 bits per heavy atom. The first-order valence-corrected chi connectivity index (χ1v) is 6.78. The van der Waals surface area contributed by atoms with Crippen molar-refractivity contribution >= 4 is 5.97 Å². The Hall–Kier alpha value is -1.33. The number of ether oxygens (including phenoxy) is 1. The van der Waals surface area contributed by atoms with Crippen molar-refractivity contribution in [2.45, 2.75) is 32.7 Å². The minimum atomic E-state index is -0.944. The molecule has 2 N–H and O–H groups in total. The molecule has 0 unspecified atom stereocenters. The van der Waals surface area contributed by atoms with Gasteiger partial charge in [-0.3, -0.25) is 0 Å². The van der Waals surface area contributed by atoms with Crippen molar-refractivity contribution in [2.75, 3.05) is 19.8 Å². The van der Waals surface area contributed by atoms with E-state index in [9.17, 15) is 4.79 Å². The molecule has 0 atom stereocenters. The molecule has 2 rings (SSSR count). The van der Waals surface area contributed by atoms with E-state index in [4.69, 9.17) is 14.3 Å². The minimum Gasteiger partial charge on any atom is -0.478 e. The van der Waals surface area contributed by atoms with Crippen molar-refractivity contribution in [3.63, 3.8) is 0 Å². The van der Waals surface area contributed by atoms with E-state index in [0.717, 1.165) is 32.1 Å². The molecule has 1 fully saturated rings. The summed E-state index contributed by atoms with van der Waals surface area (Å²) in [5, 5.41) is 12.1. The zero-order chi connectivity index (χ0) is 13.7. The fraction of sp³-hybridized carbons (Fsp3) is 0.643. The molecule has 0 aromatic carbocycles. The van der Waals surface area contributed by atoms with Crippen molar-refractivity contribution in [3.8, 4) is 0 Å². The third-order valence-electron chi connectivity index (χ3n) is 3.19. The Kier molecular flexibility index (Phi) is 4.99. The van der Waals surface area contributed by atoms with Gasteiger partial charge in [0.15, 0.2) is 0 Å². The van der Waals surface area contributed by atoms with Crippen LogP contribution < -0.4 is 5.32 Å². The highest BCUT2D eigenvalue weighted by molar-refractivity contribution is 5.88. The van der Waals surface area contributed by atoms with Gasteiger partial charge >= 0.3 is 5.97 Å². The van der Waals surface area contributed by atoms with Crippen LogP contribution in [0.3, 0.4) is 0 Å². The maximum absolute atomic E-state index is 10.8. The quantitative estimate of drug-likeness (QED) is 0.671. The number of nitrogens with one attached hydrogen (secondary N) is 1. The SMILES string of the molecule is Cc1oc(CNCCCOCC2CC2)cc1C(=O)O. The molecule has 1 aliphatic carbocycles. The van der Waals surface area contributed by atoms with Crippen LogP contribution in [-0.2, 0) is 11.3 Å². The van der Waals surface area contributed by atoms with Crippen molar-refractivity contribution in [1.82, 2.24) is 5.32 Å². The number of aromatic carboxylic acids is 1. The number of hydrogen-bond acceptors (Lipinski definition) is 4. The topological polar surface area (TPSA) is 71.7 Å². The van der Waals surface area contributed by atoms with Crippen molar-refractivity contribution in [3.05, 3.63) is 23.2 Å². The van der Waals surface area contributed by atoms with Crippen LogP contribution in [0.1, 0.15) is 41.1 Å². The molecule has 1 saturated carbocycles. The number of furan rings is 1. The van der Waals surface area contributed by atoms with E-state index in [1.165, 1.54) is 12.8 Å². The first-order valence-electron chi connectivity index (χ1n) is 6.78. The third-order valence-corrected chi connectivity index (χ3v) is 3.19. The molecule has 19 heavy (non-hydrogen) atoms. The fourth-order valence-electron chi connectivity index (χ4n) is 1.89. The Morgan fingerprint density at radius 3 is 3.00 bits per heavy atom. The summed E-state index contributed by atoms with van der Waals surface area (Å²) >= 11 is 0. The van der Waals surface area contributed by atoms with Gasteiger partial charge in [0.1, 0.15) is 17.1 Å². The second-order valence-corrected chi connectivity index (χ2v) is 5.04. The molecule has 5 heteroatoms. The summed E-state index contributed by atoms with van der Waals surface area (Å²) in [5.41, 5.74) is 0.240. The van der Waals surface area contributed by atoms with Crippen LogP contribution in [0.2, 0.25) is 0 Å². The summed E-state index contributed by atoms with van der Waals surface area (Å²) in [5.74, 6) is 0.986. The van der Waals surface area contributed by atoms with Gasteiger partial charge in [-0.05, 0) is 44.7 Å². The second-order valence-electron chi connectivity index (χ2n) is 5.04. The summed E-state index contributed by atoms with van der Waals surface area (Å²) in [6.45, 7) is 4.74. The molecule has 5 nitrogen and oxygen atoms in total. The molecular formula is C14H21NO4. The molecule has 0 saturated heterocycles. The first kappa shape index (κ1) is 14.1. The van der Waals surface area contributed by atoms with Gasteiger partial charge in [-0.2, -0.15) is 0 Å². The molecule has 1 heterocycles. The Balaban J connectivity index is 1.57. The summed E-state index contributed by atoms with van der Waals surface area (Å²) in [7, 11) is 0. The van der Waals surface area contributed by atoms with E-state index < -0.39 is 5.97 Å². The van der Waals surface area contributed by atoms with E-state index in [-0.39, 0.29) is 5.56 Å². The van der Waals surface area contributed by atoms with Gasteiger partial charge in [0.05, 0.1) is 6.54 Å². The average Bonchev–Trinajstić information content (AvgIpc) is 3.10. The Labute approximate surface area is 112 Å². The lowest BCUT2D eigenvalue weighted by atomic mass is 10.2. The lowest BCUT2D eigenvalue weighted by Crippen LogP contribution is -2.16. The summed E-state index contributed by atoms with van der Waals surface area (Å²) in [4.78, 5) is 10.8. The van der Waals surface area contributed by atoms with E-state index >= 15 is 0 Å². The average molecular weight is 267 g/mol. The molecule has 1 aromatic heterocycles. The number of carboxylic acids is 1. The third kappa shape index (κ3) is 4.69. The lowest BCUT2D eigenvalue weighted by molar-refractivity contribution is 0.0695. The van der Waals surface area contributed by atoms with Crippen molar-refractivity contribution in [1.29, 1.82) is 0 Å². The molecule has 106 valence electrons. The van der Waals surface area contributed by atoms with Gasteiger partial charge in [-0.1, -0.05) is 0 Å². The first-order chi connectivity index (χ1) is 9.16. The molecule has 0 amide bonds. The summed E-state index contributed by atoms with van der Waals surface area (Å²) in [6.07, 6.45) is 3.60. The lowest BCUT2D eigenvalue weighted by Gasteiger charge is -2.04. The highest BCUT2D eigenvalue weighted by Gasteiger charge is 2.20. The molecule has 0 aliphatic heterocycles. The Bertz CT molecular complexity index is 423. The monoisotopic (exact) mass is 267 g/mol. The predicted molar refractivity (Wildman–Crippen MR) is 70.3 cm³/mol. The van der Waals surface area contributed by atoms with Crippen LogP contribution in [0.5, 0.6) is 0 Å². The molecule has 0 bridgehead atoms.